The Balaban J connectivity index is 1.43. The summed E-state index contributed by atoms with van der Waals surface area (Å²) in [7, 11) is 0. The molecule has 0 saturated carbocycles. The van der Waals surface area contributed by atoms with Gasteiger partial charge in [-0.3, -0.25) is 4.90 Å². The number of anilines is 1. The molecular formula is C27H30FN7O2. The quantitative estimate of drug-likeness (QED) is 0.407. The van der Waals surface area contributed by atoms with Gasteiger partial charge < -0.3 is 15.2 Å². The highest BCUT2D eigenvalue weighted by atomic mass is 19.1. The molecule has 0 amide bonds. The summed E-state index contributed by atoms with van der Waals surface area (Å²) < 4.78 is 28.2. The van der Waals surface area contributed by atoms with Crippen molar-refractivity contribution in [1.29, 1.82) is 0 Å². The molecule has 10 heteroatoms. The first kappa shape index (κ1) is 24.8. The molecule has 0 spiro atoms. The van der Waals surface area contributed by atoms with Crippen molar-refractivity contribution in [3.63, 3.8) is 0 Å². The van der Waals surface area contributed by atoms with Crippen molar-refractivity contribution >= 4 is 5.82 Å². The van der Waals surface area contributed by atoms with Crippen LogP contribution in [0.15, 0.2) is 42.6 Å². The lowest BCUT2D eigenvalue weighted by Gasteiger charge is -2.26. The second-order valence-electron chi connectivity index (χ2n) is 9.14. The van der Waals surface area contributed by atoms with Crippen LogP contribution in [0.2, 0.25) is 0 Å². The number of aromatic nitrogens is 5. The Bertz CT molecular complexity index is 1420. The Morgan fingerprint density at radius 1 is 1.05 bits per heavy atom. The summed E-state index contributed by atoms with van der Waals surface area (Å²) in [5.41, 5.74) is 11.6. The number of ether oxygens (including phenoxy) is 2. The van der Waals surface area contributed by atoms with Gasteiger partial charge in [0.25, 0.3) is 0 Å². The van der Waals surface area contributed by atoms with Crippen LogP contribution in [0, 0.1) is 26.6 Å². The molecule has 5 rings (SSSR count). The van der Waals surface area contributed by atoms with Gasteiger partial charge in [-0.25, -0.2) is 9.37 Å². The lowest BCUT2D eigenvalue weighted by molar-refractivity contribution is 0.0322. The molecule has 9 nitrogen and oxygen atoms in total. The van der Waals surface area contributed by atoms with Crippen molar-refractivity contribution < 1.29 is 13.9 Å². The van der Waals surface area contributed by atoms with Gasteiger partial charge in [0.2, 0.25) is 0 Å². The maximum atomic E-state index is 15.6. The molecule has 0 atom stereocenters. The monoisotopic (exact) mass is 503 g/mol. The molecule has 2 aromatic carbocycles. The third-order valence-electron chi connectivity index (χ3n) is 6.86. The third-order valence-corrected chi connectivity index (χ3v) is 6.86. The summed E-state index contributed by atoms with van der Waals surface area (Å²) >= 11 is 0. The highest BCUT2D eigenvalue weighted by Crippen LogP contribution is 2.33. The summed E-state index contributed by atoms with van der Waals surface area (Å²) in [5, 5.41) is 12.0. The minimum absolute atomic E-state index is 0.203. The molecule has 4 aromatic rings. The molecular weight excluding hydrogens is 473 g/mol. The van der Waals surface area contributed by atoms with E-state index in [1.807, 2.05) is 18.2 Å². The number of hydrogen-bond donors (Lipinski definition) is 1. The first-order valence-corrected chi connectivity index (χ1v) is 12.3. The van der Waals surface area contributed by atoms with E-state index in [4.69, 9.17) is 15.2 Å². The predicted molar refractivity (Wildman–Crippen MR) is 139 cm³/mol. The minimum atomic E-state index is -0.463. The van der Waals surface area contributed by atoms with E-state index >= 15 is 4.39 Å². The Morgan fingerprint density at radius 3 is 2.68 bits per heavy atom. The highest BCUT2D eigenvalue weighted by Gasteiger charge is 2.21. The van der Waals surface area contributed by atoms with E-state index in [-0.39, 0.29) is 11.5 Å². The molecule has 1 aliphatic heterocycles. The standard InChI is InChI=1S/C27H30FN7O2/c1-17-5-4-6-21(18(17)2)20-15-22(26(29)30-16-20)27-31-32-33-35(27)23-7-8-24(19(3)25(23)28)37-14-11-34-9-12-36-13-10-34/h4-8,15-16H,9-14H2,1-3H3,(H2,29,30). The van der Waals surface area contributed by atoms with Crippen molar-refractivity contribution in [2.24, 2.45) is 0 Å². The molecule has 3 heterocycles. The fourth-order valence-electron chi connectivity index (χ4n) is 4.47. The number of tetrazole rings is 1. The minimum Gasteiger partial charge on any atom is -0.492 e. The smallest absolute Gasteiger partial charge is 0.190 e. The van der Waals surface area contributed by atoms with Gasteiger partial charge >= 0.3 is 0 Å². The number of rotatable bonds is 7. The summed E-state index contributed by atoms with van der Waals surface area (Å²) in [6.45, 7) is 10.2. The topological polar surface area (TPSA) is 104 Å². The number of nitrogens with two attached hydrogens (primary N) is 1. The normalized spacial score (nSPS) is 14.2. The molecule has 0 bridgehead atoms. The SMILES string of the molecule is Cc1cccc(-c2cnc(N)c(-c3nnnn3-c3ccc(OCCN4CCOCC4)c(C)c3F)c2)c1C. The van der Waals surface area contributed by atoms with Gasteiger partial charge in [-0.05, 0) is 66.1 Å². The number of aryl methyl sites for hydroxylation is 1. The molecule has 1 aliphatic rings. The van der Waals surface area contributed by atoms with Crippen molar-refractivity contribution in [3.8, 4) is 34.0 Å². The van der Waals surface area contributed by atoms with Crippen LogP contribution in [0.3, 0.4) is 0 Å². The Labute approximate surface area is 215 Å². The zero-order chi connectivity index (χ0) is 25.9. The maximum absolute atomic E-state index is 15.6. The number of nitrogens with zero attached hydrogens (tertiary/aromatic N) is 6. The van der Waals surface area contributed by atoms with Crippen LogP contribution in [0.4, 0.5) is 10.2 Å². The number of halogens is 1. The number of benzene rings is 2. The molecule has 2 N–H and O–H groups in total. The van der Waals surface area contributed by atoms with Crippen molar-refractivity contribution in [2.75, 3.05) is 45.2 Å². The van der Waals surface area contributed by atoms with Gasteiger partial charge in [0.1, 0.15) is 23.9 Å². The Hall–Kier alpha value is -3.89. The first-order valence-electron chi connectivity index (χ1n) is 12.3. The van der Waals surface area contributed by atoms with Crippen molar-refractivity contribution in [1.82, 2.24) is 30.1 Å². The summed E-state index contributed by atoms with van der Waals surface area (Å²) in [6, 6.07) is 11.3. The van der Waals surface area contributed by atoms with Crippen molar-refractivity contribution in [3.05, 3.63) is 65.1 Å². The number of pyridine rings is 1. The largest absolute Gasteiger partial charge is 0.492 e. The molecule has 1 saturated heterocycles. The molecule has 192 valence electrons. The van der Waals surface area contributed by atoms with E-state index in [1.54, 1.807) is 25.3 Å². The van der Waals surface area contributed by atoms with Crippen LogP contribution in [0.25, 0.3) is 28.2 Å². The third kappa shape index (κ3) is 5.03. The van der Waals surface area contributed by atoms with Gasteiger partial charge in [-0.15, -0.1) is 5.10 Å². The molecule has 0 radical (unpaired) electrons. The van der Waals surface area contributed by atoms with Crippen LogP contribution < -0.4 is 10.5 Å². The van der Waals surface area contributed by atoms with Crippen molar-refractivity contribution in [2.45, 2.75) is 20.8 Å². The Kier molecular flexibility index (Phi) is 7.11. The van der Waals surface area contributed by atoms with Crippen LogP contribution >= 0.6 is 0 Å². The zero-order valence-corrected chi connectivity index (χ0v) is 21.2. The fourth-order valence-corrected chi connectivity index (χ4v) is 4.47. The summed E-state index contributed by atoms with van der Waals surface area (Å²) in [6.07, 6.45) is 1.72. The van der Waals surface area contributed by atoms with E-state index in [2.05, 4.69) is 45.3 Å². The van der Waals surface area contributed by atoms with Gasteiger partial charge in [0, 0.05) is 37.0 Å². The number of hydrogen-bond acceptors (Lipinski definition) is 8. The highest BCUT2D eigenvalue weighted by molar-refractivity contribution is 5.78. The second-order valence-corrected chi connectivity index (χ2v) is 9.14. The number of morpholine rings is 1. The Morgan fingerprint density at radius 2 is 1.86 bits per heavy atom. The van der Waals surface area contributed by atoms with Crippen LogP contribution in [-0.4, -0.2) is 69.5 Å². The number of nitrogen functional groups attached to an aromatic ring is 1. The van der Waals surface area contributed by atoms with Gasteiger partial charge in [-0.1, -0.05) is 18.2 Å². The van der Waals surface area contributed by atoms with E-state index in [0.717, 1.165) is 49.5 Å². The lowest BCUT2D eigenvalue weighted by atomic mass is 9.97. The molecule has 1 fully saturated rings. The van der Waals surface area contributed by atoms with Crippen LogP contribution in [0.1, 0.15) is 16.7 Å². The molecule has 2 aromatic heterocycles. The van der Waals surface area contributed by atoms with E-state index in [9.17, 15) is 0 Å². The van der Waals surface area contributed by atoms with Gasteiger partial charge in [-0.2, -0.15) is 4.68 Å². The van der Waals surface area contributed by atoms with Gasteiger partial charge in [0.05, 0.1) is 18.8 Å². The summed E-state index contributed by atoms with van der Waals surface area (Å²) in [5.74, 6) is 0.582. The van der Waals surface area contributed by atoms with Crippen LogP contribution in [-0.2, 0) is 4.74 Å². The first-order chi connectivity index (χ1) is 17.9. The maximum Gasteiger partial charge on any atom is 0.190 e. The fraction of sp³-hybridized carbons (Fsp3) is 0.333. The van der Waals surface area contributed by atoms with E-state index in [1.165, 1.54) is 10.2 Å². The lowest BCUT2D eigenvalue weighted by Crippen LogP contribution is -2.38. The predicted octanol–water partition coefficient (Wildman–Crippen LogP) is 3.75. The molecule has 0 unspecified atom stereocenters. The molecule has 37 heavy (non-hydrogen) atoms. The molecule has 0 aliphatic carbocycles. The summed E-state index contributed by atoms with van der Waals surface area (Å²) in [4.78, 5) is 6.65. The average Bonchev–Trinajstić information content (AvgIpc) is 3.39. The zero-order valence-electron chi connectivity index (χ0n) is 21.2. The van der Waals surface area contributed by atoms with Crippen LogP contribution in [0.5, 0.6) is 5.75 Å². The average molecular weight is 504 g/mol. The second kappa shape index (κ2) is 10.6. The van der Waals surface area contributed by atoms with E-state index < -0.39 is 5.82 Å². The van der Waals surface area contributed by atoms with Gasteiger partial charge in [0.15, 0.2) is 11.6 Å². The van der Waals surface area contributed by atoms with E-state index in [0.29, 0.717) is 29.3 Å².